The standard InChI is InChI=1S/C11H18O4/c1-7-8(3-6-15-7)11(4-5-11)9(14-2)10(12)13/h7-9H,3-6H2,1-2H3,(H,12,13). The molecule has 86 valence electrons. The minimum atomic E-state index is -0.839. The lowest BCUT2D eigenvalue weighted by molar-refractivity contribution is -0.155. The Morgan fingerprint density at radius 3 is 2.60 bits per heavy atom. The van der Waals surface area contributed by atoms with Crippen molar-refractivity contribution in [1.29, 1.82) is 0 Å². The van der Waals surface area contributed by atoms with Gasteiger partial charge in [0, 0.05) is 19.1 Å². The Morgan fingerprint density at radius 2 is 2.27 bits per heavy atom. The first kappa shape index (κ1) is 10.9. The van der Waals surface area contributed by atoms with Crippen LogP contribution in [0.25, 0.3) is 0 Å². The van der Waals surface area contributed by atoms with Crippen LogP contribution < -0.4 is 0 Å². The van der Waals surface area contributed by atoms with E-state index in [4.69, 9.17) is 14.6 Å². The van der Waals surface area contributed by atoms with Crippen molar-refractivity contribution in [2.75, 3.05) is 13.7 Å². The zero-order valence-corrected chi connectivity index (χ0v) is 9.23. The number of hydrogen-bond donors (Lipinski definition) is 1. The third-order valence-corrected chi connectivity index (χ3v) is 3.92. The van der Waals surface area contributed by atoms with E-state index in [0.717, 1.165) is 25.9 Å². The maximum atomic E-state index is 11.1. The predicted octanol–water partition coefficient (Wildman–Crippen LogP) is 1.29. The lowest BCUT2D eigenvalue weighted by atomic mass is 9.80. The van der Waals surface area contributed by atoms with Gasteiger partial charge >= 0.3 is 5.97 Å². The van der Waals surface area contributed by atoms with Crippen LogP contribution in [-0.4, -0.2) is 37.0 Å². The maximum Gasteiger partial charge on any atom is 0.333 e. The van der Waals surface area contributed by atoms with Crippen LogP contribution in [-0.2, 0) is 14.3 Å². The highest BCUT2D eigenvalue weighted by Crippen LogP contribution is 2.59. The number of ether oxygens (including phenoxy) is 2. The fourth-order valence-electron chi connectivity index (χ4n) is 3.04. The van der Waals surface area contributed by atoms with Gasteiger partial charge in [0.15, 0.2) is 6.10 Å². The van der Waals surface area contributed by atoms with Gasteiger partial charge in [-0.05, 0) is 32.1 Å². The van der Waals surface area contributed by atoms with Crippen molar-refractivity contribution >= 4 is 5.97 Å². The number of rotatable bonds is 4. The lowest BCUT2D eigenvalue weighted by Gasteiger charge is -2.29. The highest BCUT2D eigenvalue weighted by molar-refractivity contribution is 5.74. The number of hydrogen-bond acceptors (Lipinski definition) is 3. The van der Waals surface area contributed by atoms with Crippen molar-refractivity contribution in [3.63, 3.8) is 0 Å². The summed E-state index contributed by atoms with van der Waals surface area (Å²) in [5.74, 6) is -0.493. The predicted molar refractivity (Wildman–Crippen MR) is 53.6 cm³/mol. The molecule has 4 nitrogen and oxygen atoms in total. The largest absolute Gasteiger partial charge is 0.479 e. The topological polar surface area (TPSA) is 55.8 Å². The molecule has 1 aliphatic heterocycles. The monoisotopic (exact) mass is 214 g/mol. The Balaban J connectivity index is 2.15. The summed E-state index contributed by atoms with van der Waals surface area (Å²) < 4.78 is 10.7. The van der Waals surface area contributed by atoms with Gasteiger partial charge in [0.25, 0.3) is 0 Å². The quantitative estimate of drug-likeness (QED) is 0.766. The van der Waals surface area contributed by atoms with Crippen LogP contribution in [0.1, 0.15) is 26.2 Å². The molecule has 3 unspecified atom stereocenters. The van der Waals surface area contributed by atoms with Crippen molar-refractivity contribution in [1.82, 2.24) is 0 Å². The fourth-order valence-corrected chi connectivity index (χ4v) is 3.04. The van der Waals surface area contributed by atoms with E-state index >= 15 is 0 Å². The Morgan fingerprint density at radius 1 is 1.60 bits per heavy atom. The summed E-state index contributed by atoms with van der Waals surface area (Å²) in [6.07, 6.45) is 2.39. The summed E-state index contributed by atoms with van der Waals surface area (Å²) >= 11 is 0. The van der Waals surface area contributed by atoms with Crippen molar-refractivity contribution in [3.8, 4) is 0 Å². The smallest absolute Gasteiger partial charge is 0.333 e. The normalized spacial score (nSPS) is 35.1. The first-order chi connectivity index (χ1) is 7.12. The van der Waals surface area contributed by atoms with E-state index in [0.29, 0.717) is 5.92 Å². The molecule has 0 amide bonds. The van der Waals surface area contributed by atoms with Gasteiger partial charge in [-0.25, -0.2) is 4.79 Å². The van der Waals surface area contributed by atoms with Crippen LogP contribution in [0.2, 0.25) is 0 Å². The van der Waals surface area contributed by atoms with Crippen LogP contribution in [0.3, 0.4) is 0 Å². The van der Waals surface area contributed by atoms with Gasteiger partial charge in [-0.1, -0.05) is 0 Å². The number of methoxy groups -OCH3 is 1. The average molecular weight is 214 g/mol. The molecule has 1 aliphatic carbocycles. The molecule has 2 fully saturated rings. The summed E-state index contributed by atoms with van der Waals surface area (Å²) in [6, 6.07) is 0. The molecule has 1 saturated carbocycles. The van der Waals surface area contributed by atoms with Crippen molar-refractivity contribution in [2.24, 2.45) is 11.3 Å². The van der Waals surface area contributed by atoms with Gasteiger partial charge in [-0.3, -0.25) is 0 Å². The molecule has 0 radical (unpaired) electrons. The molecule has 0 aromatic carbocycles. The van der Waals surface area contributed by atoms with Crippen molar-refractivity contribution in [2.45, 2.75) is 38.4 Å². The van der Waals surface area contributed by atoms with Crippen LogP contribution >= 0.6 is 0 Å². The van der Waals surface area contributed by atoms with E-state index in [1.165, 1.54) is 7.11 Å². The molecule has 1 N–H and O–H groups in total. The number of carboxylic acid groups (broad SMARTS) is 1. The van der Waals surface area contributed by atoms with Gasteiger partial charge in [-0.2, -0.15) is 0 Å². The van der Waals surface area contributed by atoms with Crippen LogP contribution in [0, 0.1) is 11.3 Å². The summed E-state index contributed by atoms with van der Waals surface area (Å²) in [7, 11) is 1.49. The molecule has 3 atom stereocenters. The maximum absolute atomic E-state index is 11.1. The second kappa shape index (κ2) is 3.76. The minimum Gasteiger partial charge on any atom is -0.479 e. The third-order valence-electron chi connectivity index (χ3n) is 3.92. The molecule has 15 heavy (non-hydrogen) atoms. The van der Waals surface area contributed by atoms with Crippen molar-refractivity contribution < 1.29 is 19.4 Å². The summed E-state index contributed by atoms with van der Waals surface area (Å²) in [4.78, 5) is 11.1. The molecule has 2 rings (SSSR count). The molecule has 1 saturated heterocycles. The molecular formula is C11H18O4. The Labute approximate surface area is 89.6 Å². The lowest BCUT2D eigenvalue weighted by Crippen LogP contribution is -2.40. The van der Waals surface area contributed by atoms with E-state index in [-0.39, 0.29) is 11.5 Å². The summed E-state index contributed by atoms with van der Waals surface area (Å²) in [6.45, 7) is 2.79. The molecule has 4 heteroatoms. The second-order valence-electron chi connectivity index (χ2n) is 4.66. The van der Waals surface area contributed by atoms with Gasteiger partial charge in [0.1, 0.15) is 0 Å². The zero-order valence-electron chi connectivity index (χ0n) is 9.23. The van der Waals surface area contributed by atoms with Crippen LogP contribution in [0.4, 0.5) is 0 Å². The van der Waals surface area contributed by atoms with E-state index in [1.54, 1.807) is 0 Å². The minimum absolute atomic E-state index is 0.156. The van der Waals surface area contributed by atoms with E-state index < -0.39 is 12.1 Å². The second-order valence-corrected chi connectivity index (χ2v) is 4.66. The molecule has 0 aromatic rings. The van der Waals surface area contributed by atoms with Crippen molar-refractivity contribution in [3.05, 3.63) is 0 Å². The molecule has 0 bridgehead atoms. The fraction of sp³-hybridized carbons (Fsp3) is 0.909. The van der Waals surface area contributed by atoms with Gasteiger partial charge < -0.3 is 14.6 Å². The van der Waals surface area contributed by atoms with E-state index in [1.807, 2.05) is 6.92 Å². The molecule has 0 spiro atoms. The number of carboxylic acids is 1. The third kappa shape index (κ3) is 1.66. The first-order valence-corrected chi connectivity index (χ1v) is 5.49. The highest BCUT2D eigenvalue weighted by atomic mass is 16.5. The van der Waals surface area contributed by atoms with E-state index in [2.05, 4.69) is 0 Å². The number of aliphatic carboxylic acids is 1. The molecule has 1 heterocycles. The van der Waals surface area contributed by atoms with Crippen LogP contribution in [0.5, 0.6) is 0 Å². The Hall–Kier alpha value is -0.610. The molecule has 0 aromatic heterocycles. The SMILES string of the molecule is COC(C(=O)O)C1(C2CCOC2C)CC1. The summed E-state index contributed by atoms with van der Waals surface area (Å²) in [5, 5.41) is 9.13. The van der Waals surface area contributed by atoms with Gasteiger partial charge in [0.2, 0.25) is 0 Å². The molecular weight excluding hydrogens is 196 g/mol. The van der Waals surface area contributed by atoms with Gasteiger partial charge in [-0.15, -0.1) is 0 Å². The highest BCUT2D eigenvalue weighted by Gasteiger charge is 2.60. The number of carbonyl (C=O) groups is 1. The van der Waals surface area contributed by atoms with E-state index in [9.17, 15) is 4.79 Å². The Bertz CT molecular complexity index is 259. The van der Waals surface area contributed by atoms with Crippen LogP contribution in [0.15, 0.2) is 0 Å². The Kier molecular flexibility index (Phi) is 2.73. The van der Waals surface area contributed by atoms with Gasteiger partial charge in [0.05, 0.1) is 6.10 Å². The summed E-state index contributed by atoms with van der Waals surface area (Å²) in [5.41, 5.74) is -0.156. The zero-order chi connectivity index (χ0) is 11.1. The first-order valence-electron chi connectivity index (χ1n) is 5.49. The average Bonchev–Trinajstić information content (AvgIpc) is 2.83. The molecule has 2 aliphatic rings.